The third kappa shape index (κ3) is 5.38. The van der Waals surface area contributed by atoms with Crippen LogP contribution in [0, 0.1) is 0 Å². The number of piperazine rings is 2. The van der Waals surface area contributed by atoms with Crippen LogP contribution in [-0.2, 0) is 11.3 Å². The van der Waals surface area contributed by atoms with Gasteiger partial charge < -0.3 is 14.5 Å². The number of carbonyl (C=O) groups excluding carboxylic acids is 1. The van der Waals surface area contributed by atoms with Crippen LogP contribution < -0.4 is 9.64 Å². The van der Waals surface area contributed by atoms with Crippen LogP contribution in [0.2, 0.25) is 0 Å². The molecule has 0 aliphatic carbocycles. The van der Waals surface area contributed by atoms with Gasteiger partial charge in [0.05, 0.1) is 13.2 Å². The monoisotopic (exact) mass is 422 g/mol. The minimum Gasteiger partial charge on any atom is -0.497 e. The van der Waals surface area contributed by atoms with E-state index >= 15 is 0 Å². The van der Waals surface area contributed by atoms with Gasteiger partial charge in [-0.2, -0.15) is 0 Å². The average Bonchev–Trinajstić information content (AvgIpc) is 2.84. The predicted octanol–water partition coefficient (Wildman–Crippen LogP) is 2.55. The zero-order valence-corrected chi connectivity index (χ0v) is 18.7. The number of methoxy groups -OCH3 is 1. The maximum Gasteiger partial charge on any atom is 0.239 e. The van der Waals surface area contributed by atoms with E-state index in [4.69, 9.17) is 4.74 Å². The summed E-state index contributed by atoms with van der Waals surface area (Å²) in [6.45, 7) is 10.2. The van der Waals surface area contributed by atoms with Crippen LogP contribution in [-0.4, -0.2) is 86.1 Å². The van der Waals surface area contributed by atoms with Crippen LogP contribution in [0.4, 0.5) is 5.69 Å². The maximum atomic E-state index is 13.1. The summed E-state index contributed by atoms with van der Waals surface area (Å²) < 4.78 is 5.35. The number of carbonyl (C=O) groups is 1. The van der Waals surface area contributed by atoms with Crippen molar-refractivity contribution in [2.75, 3.05) is 64.4 Å². The highest BCUT2D eigenvalue weighted by Crippen LogP contribution is 2.23. The molecule has 2 heterocycles. The molecule has 6 nitrogen and oxygen atoms in total. The van der Waals surface area contributed by atoms with Crippen LogP contribution in [0.25, 0.3) is 0 Å². The second-order valence-corrected chi connectivity index (χ2v) is 8.49. The topological polar surface area (TPSA) is 39.3 Å². The SMILES string of the molecule is COc1cccc(N2CCN([C@@H](C)C(=O)N3CCN(Cc4ccccc4)CC3)CC2)c1. The molecular formula is C25H34N4O2. The fourth-order valence-electron chi connectivity index (χ4n) is 4.56. The first-order chi connectivity index (χ1) is 15.1. The molecule has 2 aromatic carbocycles. The van der Waals surface area contributed by atoms with Gasteiger partial charge in [-0.3, -0.25) is 14.6 Å². The van der Waals surface area contributed by atoms with Gasteiger partial charge in [0.25, 0.3) is 0 Å². The van der Waals surface area contributed by atoms with E-state index in [-0.39, 0.29) is 11.9 Å². The molecule has 0 bridgehead atoms. The van der Waals surface area contributed by atoms with Crippen LogP contribution in [0.1, 0.15) is 12.5 Å². The molecule has 2 fully saturated rings. The number of ether oxygens (including phenoxy) is 1. The second-order valence-electron chi connectivity index (χ2n) is 8.49. The van der Waals surface area contributed by atoms with Gasteiger partial charge in [0, 0.05) is 70.7 Å². The van der Waals surface area contributed by atoms with E-state index in [1.54, 1.807) is 7.11 Å². The summed E-state index contributed by atoms with van der Waals surface area (Å²) in [7, 11) is 1.70. The zero-order chi connectivity index (χ0) is 21.6. The van der Waals surface area contributed by atoms with Crippen molar-refractivity contribution in [1.29, 1.82) is 0 Å². The lowest BCUT2D eigenvalue weighted by atomic mass is 10.1. The Kier molecular flexibility index (Phi) is 7.10. The number of benzene rings is 2. The van der Waals surface area contributed by atoms with E-state index in [9.17, 15) is 4.79 Å². The highest BCUT2D eigenvalue weighted by Gasteiger charge is 2.30. The van der Waals surface area contributed by atoms with Crippen molar-refractivity contribution in [2.45, 2.75) is 19.5 Å². The van der Waals surface area contributed by atoms with Gasteiger partial charge in [-0.1, -0.05) is 36.4 Å². The molecule has 31 heavy (non-hydrogen) atoms. The number of hydrogen-bond acceptors (Lipinski definition) is 5. The number of anilines is 1. The minimum atomic E-state index is -0.0619. The number of amides is 1. The van der Waals surface area contributed by atoms with Crippen molar-refractivity contribution in [3.63, 3.8) is 0 Å². The summed E-state index contributed by atoms with van der Waals surface area (Å²) in [6, 6.07) is 18.7. The highest BCUT2D eigenvalue weighted by molar-refractivity contribution is 5.81. The molecule has 0 spiro atoms. The largest absolute Gasteiger partial charge is 0.497 e. The molecule has 0 N–H and O–H groups in total. The Morgan fingerprint density at radius 2 is 1.61 bits per heavy atom. The van der Waals surface area contributed by atoms with Gasteiger partial charge in [-0.05, 0) is 24.6 Å². The van der Waals surface area contributed by atoms with Crippen LogP contribution >= 0.6 is 0 Å². The third-order valence-electron chi connectivity index (χ3n) is 6.57. The smallest absolute Gasteiger partial charge is 0.239 e. The van der Waals surface area contributed by atoms with E-state index in [1.807, 2.05) is 12.1 Å². The normalized spacial score (nSPS) is 19.3. The Bertz CT molecular complexity index is 844. The molecule has 0 aromatic heterocycles. The summed E-state index contributed by atoms with van der Waals surface area (Å²) in [6.07, 6.45) is 0. The Morgan fingerprint density at radius 1 is 0.903 bits per heavy atom. The Balaban J connectivity index is 1.24. The van der Waals surface area contributed by atoms with Gasteiger partial charge >= 0.3 is 0 Å². The molecular weight excluding hydrogens is 388 g/mol. The van der Waals surface area contributed by atoms with Crippen LogP contribution in [0.3, 0.4) is 0 Å². The van der Waals surface area contributed by atoms with Gasteiger partial charge in [0.15, 0.2) is 0 Å². The summed E-state index contributed by atoms with van der Waals surface area (Å²) in [4.78, 5) is 22.3. The van der Waals surface area contributed by atoms with Gasteiger partial charge in [-0.15, -0.1) is 0 Å². The minimum absolute atomic E-state index is 0.0619. The molecule has 0 radical (unpaired) electrons. The molecule has 1 amide bonds. The van der Waals surface area contributed by atoms with Gasteiger partial charge in [0.1, 0.15) is 5.75 Å². The number of rotatable bonds is 6. The Labute approximate surface area is 186 Å². The van der Waals surface area contributed by atoms with Crippen LogP contribution in [0.15, 0.2) is 54.6 Å². The molecule has 2 aromatic rings. The van der Waals surface area contributed by atoms with E-state index in [0.29, 0.717) is 0 Å². The molecule has 0 saturated carbocycles. The van der Waals surface area contributed by atoms with Crippen molar-refractivity contribution in [3.8, 4) is 5.75 Å². The first kappa shape index (κ1) is 21.7. The van der Waals surface area contributed by atoms with Crippen molar-refractivity contribution >= 4 is 11.6 Å². The summed E-state index contributed by atoms with van der Waals surface area (Å²) in [5.41, 5.74) is 2.53. The standard InChI is InChI=1S/C25H34N4O2/c1-21(27-15-17-28(18-16-27)23-9-6-10-24(19-23)31-2)25(30)29-13-11-26(12-14-29)20-22-7-4-3-5-8-22/h3-10,19,21H,11-18,20H2,1-2H3/t21-/m0/s1. The van der Waals surface area contributed by atoms with Crippen molar-refractivity contribution < 1.29 is 9.53 Å². The molecule has 2 aliphatic heterocycles. The van der Waals surface area contributed by atoms with E-state index in [0.717, 1.165) is 64.7 Å². The molecule has 2 aliphatic rings. The number of nitrogens with zero attached hydrogens (tertiary/aromatic N) is 4. The Hall–Kier alpha value is -2.57. The molecule has 166 valence electrons. The first-order valence-electron chi connectivity index (χ1n) is 11.3. The van der Waals surface area contributed by atoms with Crippen molar-refractivity contribution in [3.05, 3.63) is 60.2 Å². The number of hydrogen-bond donors (Lipinski definition) is 0. The summed E-state index contributed by atoms with van der Waals surface area (Å²) >= 11 is 0. The average molecular weight is 423 g/mol. The molecule has 4 rings (SSSR count). The summed E-state index contributed by atoms with van der Waals surface area (Å²) in [5, 5.41) is 0. The maximum absolute atomic E-state index is 13.1. The zero-order valence-electron chi connectivity index (χ0n) is 18.7. The first-order valence-corrected chi connectivity index (χ1v) is 11.3. The van der Waals surface area contributed by atoms with Crippen LogP contribution in [0.5, 0.6) is 5.75 Å². The van der Waals surface area contributed by atoms with E-state index in [1.165, 1.54) is 11.3 Å². The molecule has 6 heteroatoms. The third-order valence-corrected chi connectivity index (χ3v) is 6.57. The lowest BCUT2D eigenvalue weighted by Gasteiger charge is -2.41. The lowest BCUT2D eigenvalue weighted by molar-refractivity contribution is -0.138. The van der Waals surface area contributed by atoms with Crippen molar-refractivity contribution in [1.82, 2.24) is 14.7 Å². The Morgan fingerprint density at radius 3 is 2.29 bits per heavy atom. The highest BCUT2D eigenvalue weighted by atomic mass is 16.5. The van der Waals surface area contributed by atoms with Gasteiger partial charge in [-0.25, -0.2) is 0 Å². The van der Waals surface area contributed by atoms with Crippen molar-refractivity contribution in [2.24, 2.45) is 0 Å². The van der Waals surface area contributed by atoms with Gasteiger partial charge in [0.2, 0.25) is 5.91 Å². The second kappa shape index (κ2) is 10.2. The molecule has 2 saturated heterocycles. The van der Waals surface area contributed by atoms with E-state index in [2.05, 4.69) is 69.0 Å². The van der Waals surface area contributed by atoms with E-state index < -0.39 is 0 Å². The lowest BCUT2D eigenvalue weighted by Crippen LogP contribution is -2.57. The molecule has 1 atom stereocenters. The summed E-state index contributed by atoms with van der Waals surface area (Å²) in [5.74, 6) is 1.16. The quantitative estimate of drug-likeness (QED) is 0.716. The fourth-order valence-corrected chi connectivity index (χ4v) is 4.56. The molecule has 0 unspecified atom stereocenters. The fraction of sp³-hybridized carbons (Fsp3) is 0.480. The predicted molar refractivity (Wildman–Crippen MR) is 125 cm³/mol.